The summed E-state index contributed by atoms with van der Waals surface area (Å²) in [7, 11) is 0. The van der Waals surface area contributed by atoms with Crippen molar-refractivity contribution >= 4 is 0 Å². The summed E-state index contributed by atoms with van der Waals surface area (Å²) in [5.74, 6) is 0. The van der Waals surface area contributed by atoms with Crippen LogP contribution in [0, 0.1) is 0 Å². The highest BCUT2D eigenvalue weighted by atomic mass is 19.4. The average molecular weight is 197 g/mol. The number of alkyl halides is 3. The molecule has 0 aliphatic heterocycles. The Hall–Kier alpha value is -1.31. The zero-order valence-corrected chi connectivity index (χ0v) is 6.25. The van der Waals surface area contributed by atoms with Crippen LogP contribution < -0.4 is 5.69 Å². The molecule has 1 heterocycles. The first-order valence-electron chi connectivity index (χ1n) is 3.26. The maximum Gasteiger partial charge on any atom is 0.416 e. The topological polar surface area (TPSA) is 70.9 Å². The van der Waals surface area contributed by atoms with E-state index in [9.17, 15) is 18.0 Å². The Morgan fingerprint density at radius 1 is 1.69 bits per heavy atom. The lowest BCUT2D eigenvalue weighted by molar-refractivity contribution is -0.207. The molecule has 0 fully saturated rings. The van der Waals surface area contributed by atoms with E-state index in [1.54, 1.807) is 0 Å². The van der Waals surface area contributed by atoms with E-state index in [-0.39, 0.29) is 0 Å². The Labute approximate surface area is 69.8 Å². The van der Waals surface area contributed by atoms with E-state index < -0.39 is 24.5 Å². The molecule has 0 unspecified atom stereocenters. The molecule has 0 saturated carbocycles. The summed E-state index contributed by atoms with van der Waals surface area (Å²) in [5, 5.41) is 13.7. The van der Waals surface area contributed by atoms with Crippen molar-refractivity contribution in [2.75, 3.05) is 0 Å². The number of nitrogens with one attached hydrogen (secondary N) is 1. The maximum atomic E-state index is 11.8. The minimum atomic E-state index is -4.73. The first-order chi connectivity index (χ1) is 5.91. The van der Waals surface area contributed by atoms with E-state index in [2.05, 4.69) is 5.10 Å². The molecule has 1 aromatic rings. The van der Waals surface area contributed by atoms with Crippen LogP contribution in [0.15, 0.2) is 11.1 Å². The number of halogens is 3. The smallest absolute Gasteiger partial charge is 0.382 e. The lowest BCUT2D eigenvalue weighted by Gasteiger charge is -2.13. The second-order valence-electron chi connectivity index (χ2n) is 2.37. The molecule has 5 nitrogen and oxygen atoms in total. The molecule has 0 aliphatic carbocycles. The van der Waals surface area contributed by atoms with Gasteiger partial charge in [0.1, 0.15) is 6.33 Å². The van der Waals surface area contributed by atoms with Gasteiger partial charge in [-0.15, -0.1) is 0 Å². The van der Waals surface area contributed by atoms with E-state index in [1.807, 2.05) is 5.10 Å². The molecule has 0 radical (unpaired) electrons. The molecule has 0 amide bonds. The zero-order chi connectivity index (χ0) is 10.1. The summed E-state index contributed by atoms with van der Waals surface area (Å²) < 4.78 is 36.0. The van der Waals surface area contributed by atoms with Crippen LogP contribution in [-0.4, -0.2) is 32.2 Å². The lowest BCUT2D eigenvalue weighted by Crippen LogP contribution is -2.35. The molecule has 1 atom stereocenters. The third-order valence-corrected chi connectivity index (χ3v) is 1.37. The Balaban J connectivity index is 2.71. The van der Waals surface area contributed by atoms with Crippen LogP contribution in [0.25, 0.3) is 0 Å². The molecule has 0 bridgehead atoms. The van der Waals surface area contributed by atoms with Gasteiger partial charge in [-0.3, -0.25) is 4.57 Å². The van der Waals surface area contributed by atoms with Gasteiger partial charge in [-0.05, 0) is 0 Å². The number of rotatable bonds is 2. The quantitative estimate of drug-likeness (QED) is 0.671. The third kappa shape index (κ3) is 2.31. The summed E-state index contributed by atoms with van der Waals surface area (Å²) in [6, 6.07) is 0. The normalized spacial score (nSPS) is 14.5. The Morgan fingerprint density at radius 2 is 2.31 bits per heavy atom. The summed E-state index contributed by atoms with van der Waals surface area (Å²) in [6.07, 6.45) is -6.39. The standard InChI is InChI=1S/C5H6F3N3O2/c6-5(7,8)3(12)1-11-2-9-10-4(11)13/h2-3,12H,1H2,(H,10,13)/t3-/m1/s1. The number of hydrogen-bond donors (Lipinski definition) is 2. The van der Waals surface area contributed by atoms with Crippen molar-refractivity contribution in [1.82, 2.24) is 14.8 Å². The van der Waals surface area contributed by atoms with Gasteiger partial charge in [0.25, 0.3) is 0 Å². The Kier molecular flexibility index (Phi) is 2.41. The predicted molar refractivity (Wildman–Crippen MR) is 34.9 cm³/mol. The number of aromatic amines is 1. The number of hydrogen-bond acceptors (Lipinski definition) is 3. The van der Waals surface area contributed by atoms with Crippen molar-refractivity contribution in [2.45, 2.75) is 18.8 Å². The SMILES string of the molecule is O=c1[nH]ncn1C[C@@H](O)C(F)(F)F. The van der Waals surface area contributed by atoms with Gasteiger partial charge in [0, 0.05) is 0 Å². The number of aliphatic hydroxyl groups excluding tert-OH is 1. The summed E-state index contributed by atoms with van der Waals surface area (Å²) >= 11 is 0. The van der Waals surface area contributed by atoms with Crippen molar-refractivity contribution in [2.24, 2.45) is 0 Å². The van der Waals surface area contributed by atoms with Crippen molar-refractivity contribution < 1.29 is 18.3 Å². The van der Waals surface area contributed by atoms with Crippen molar-refractivity contribution in [3.05, 3.63) is 16.8 Å². The van der Waals surface area contributed by atoms with E-state index >= 15 is 0 Å². The van der Waals surface area contributed by atoms with Crippen LogP contribution in [-0.2, 0) is 6.54 Å². The van der Waals surface area contributed by atoms with Gasteiger partial charge >= 0.3 is 11.9 Å². The summed E-state index contributed by atoms with van der Waals surface area (Å²) in [6.45, 7) is -0.848. The molecule has 1 rings (SSSR count). The molecular weight excluding hydrogens is 191 g/mol. The van der Waals surface area contributed by atoms with Crippen LogP contribution >= 0.6 is 0 Å². The fraction of sp³-hybridized carbons (Fsp3) is 0.600. The van der Waals surface area contributed by atoms with Gasteiger partial charge < -0.3 is 5.11 Å². The van der Waals surface area contributed by atoms with Gasteiger partial charge in [-0.25, -0.2) is 9.89 Å². The van der Waals surface area contributed by atoms with Gasteiger partial charge in [0.15, 0.2) is 6.10 Å². The molecule has 0 spiro atoms. The Morgan fingerprint density at radius 3 is 2.69 bits per heavy atom. The molecule has 0 saturated heterocycles. The fourth-order valence-corrected chi connectivity index (χ4v) is 0.690. The van der Waals surface area contributed by atoms with Crippen LogP contribution in [0.1, 0.15) is 0 Å². The third-order valence-electron chi connectivity index (χ3n) is 1.37. The molecule has 0 aromatic carbocycles. The number of H-pyrrole nitrogens is 1. The van der Waals surface area contributed by atoms with Crippen molar-refractivity contribution in [3.8, 4) is 0 Å². The molecule has 1 aromatic heterocycles. The van der Waals surface area contributed by atoms with Crippen LogP contribution in [0.2, 0.25) is 0 Å². The minimum Gasteiger partial charge on any atom is -0.382 e. The van der Waals surface area contributed by atoms with E-state index in [0.29, 0.717) is 4.57 Å². The Bertz CT molecular complexity index is 328. The van der Waals surface area contributed by atoms with Gasteiger partial charge in [-0.2, -0.15) is 18.3 Å². The van der Waals surface area contributed by atoms with E-state index in [0.717, 1.165) is 6.33 Å². The highest BCUT2D eigenvalue weighted by Crippen LogP contribution is 2.20. The second kappa shape index (κ2) is 3.21. The number of aliphatic hydroxyl groups is 1. The highest BCUT2D eigenvalue weighted by molar-refractivity contribution is 4.70. The van der Waals surface area contributed by atoms with Crippen molar-refractivity contribution in [1.29, 1.82) is 0 Å². The largest absolute Gasteiger partial charge is 0.416 e. The molecule has 8 heteroatoms. The van der Waals surface area contributed by atoms with E-state index in [1.165, 1.54) is 0 Å². The minimum absolute atomic E-state index is 0.637. The van der Waals surface area contributed by atoms with Gasteiger partial charge in [-0.1, -0.05) is 0 Å². The van der Waals surface area contributed by atoms with Gasteiger partial charge in [0.2, 0.25) is 0 Å². The molecular formula is C5H6F3N3O2. The summed E-state index contributed by atoms with van der Waals surface area (Å²) in [4.78, 5) is 10.6. The lowest BCUT2D eigenvalue weighted by atomic mass is 10.3. The molecule has 0 aliphatic rings. The van der Waals surface area contributed by atoms with Crippen LogP contribution in [0.4, 0.5) is 13.2 Å². The zero-order valence-electron chi connectivity index (χ0n) is 6.25. The number of nitrogens with zero attached hydrogens (tertiary/aromatic N) is 2. The average Bonchev–Trinajstić information content (AvgIpc) is 2.34. The monoisotopic (exact) mass is 197 g/mol. The summed E-state index contributed by atoms with van der Waals surface area (Å²) in [5.41, 5.74) is -0.789. The van der Waals surface area contributed by atoms with Gasteiger partial charge in [0.05, 0.1) is 6.54 Å². The van der Waals surface area contributed by atoms with Crippen LogP contribution in [0.3, 0.4) is 0 Å². The first kappa shape index (κ1) is 9.78. The fourth-order valence-electron chi connectivity index (χ4n) is 0.690. The maximum absolute atomic E-state index is 11.8. The number of aromatic nitrogens is 3. The van der Waals surface area contributed by atoms with Crippen LogP contribution in [0.5, 0.6) is 0 Å². The molecule has 13 heavy (non-hydrogen) atoms. The van der Waals surface area contributed by atoms with E-state index in [4.69, 9.17) is 5.11 Å². The first-order valence-corrected chi connectivity index (χ1v) is 3.26. The van der Waals surface area contributed by atoms with Crippen molar-refractivity contribution in [3.63, 3.8) is 0 Å². The predicted octanol–water partition coefficient (Wildman–Crippen LogP) is -0.505. The highest BCUT2D eigenvalue weighted by Gasteiger charge is 2.38. The molecule has 2 N–H and O–H groups in total. The second-order valence-corrected chi connectivity index (χ2v) is 2.37. The molecule has 74 valence electrons.